The van der Waals surface area contributed by atoms with Crippen LogP contribution < -0.4 is 0 Å². The van der Waals surface area contributed by atoms with E-state index in [1.54, 1.807) is 6.07 Å². The second-order valence-corrected chi connectivity index (χ2v) is 7.28. The zero-order valence-electron chi connectivity index (χ0n) is 14.4. The summed E-state index contributed by atoms with van der Waals surface area (Å²) in [4.78, 5) is 13.2. The van der Waals surface area contributed by atoms with Crippen LogP contribution in [0.15, 0.2) is 42.5 Å². The van der Waals surface area contributed by atoms with Crippen LogP contribution in [-0.4, -0.2) is 24.3 Å². The van der Waals surface area contributed by atoms with E-state index in [9.17, 15) is 9.18 Å². The molecule has 2 aromatic rings. The normalized spacial score (nSPS) is 24.5. The maximum absolute atomic E-state index is 13.8. The van der Waals surface area contributed by atoms with Gasteiger partial charge in [0.2, 0.25) is 0 Å². The van der Waals surface area contributed by atoms with Crippen molar-refractivity contribution in [2.45, 2.75) is 44.5 Å². The van der Waals surface area contributed by atoms with Crippen LogP contribution >= 0.6 is 0 Å². The van der Waals surface area contributed by atoms with Gasteiger partial charge in [-0.05, 0) is 55.5 Å². The second-order valence-electron chi connectivity index (χ2n) is 7.28. The highest BCUT2D eigenvalue weighted by Gasteiger charge is 2.38. The fourth-order valence-corrected chi connectivity index (χ4v) is 3.88. The summed E-state index contributed by atoms with van der Waals surface area (Å²) in [6.07, 6.45) is 1.03. The average molecular weight is 340 g/mol. The molecule has 4 rings (SSSR count). The van der Waals surface area contributed by atoms with E-state index in [0.29, 0.717) is 25.0 Å². The topological polar surface area (TPSA) is 35.5 Å². The van der Waals surface area contributed by atoms with Crippen molar-refractivity contribution in [1.29, 1.82) is 0 Å². The summed E-state index contributed by atoms with van der Waals surface area (Å²) in [6, 6.07) is 12.5. The van der Waals surface area contributed by atoms with Gasteiger partial charge in [-0.1, -0.05) is 30.3 Å². The van der Waals surface area contributed by atoms with Crippen LogP contribution in [0.2, 0.25) is 0 Å². The third-order valence-corrected chi connectivity index (χ3v) is 5.03. The highest BCUT2D eigenvalue weighted by Crippen LogP contribution is 2.37. The molecule has 1 heterocycles. The van der Waals surface area contributed by atoms with Crippen LogP contribution in [0.4, 0.5) is 4.39 Å². The van der Waals surface area contributed by atoms with Gasteiger partial charge < -0.3 is 9.47 Å². The summed E-state index contributed by atoms with van der Waals surface area (Å²) < 4.78 is 25.3. The van der Waals surface area contributed by atoms with Crippen LogP contribution in [-0.2, 0) is 15.9 Å². The lowest BCUT2D eigenvalue weighted by molar-refractivity contribution is -0.139. The van der Waals surface area contributed by atoms with E-state index in [0.717, 1.165) is 16.7 Å². The largest absolute Gasteiger partial charge is 0.348 e. The lowest BCUT2D eigenvalue weighted by atomic mass is 9.86. The number of carbonyl (C=O) groups excluding carboxylic acids is 1. The molecule has 25 heavy (non-hydrogen) atoms. The Hall–Kier alpha value is -2.04. The number of hydrogen-bond donors (Lipinski definition) is 0. The predicted molar refractivity (Wildman–Crippen MR) is 92.2 cm³/mol. The van der Waals surface area contributed by atoms with E-state index in [1.165, 1.54) is 12.1 Å². The Bertz CT molecular complexity index is 828. The van der Waals surface area contributed by atoms with Crippen molar-refractivity contribution in [2.75, 3.05) is 6.61 Å². The van der Waals surface area contributed by atoms with E-state index in [1.807, 2.05) is 38.1 Å². The molecule has 1 aliphatic heterocycles. The van der Waals surface area contributed by atoms with Gasteiger partial charge in [0, 0.05) is 5.56 Å². The standard InChI is InChI=1S/C21H21FO3/c1-21(2)24-12-16(25-21)11-19-17-6-4-3-5-13(17)9-14-7-8-15(22)10-18(14)20(19)23/h3-8,10,16,19H,9,11-12H2,1-2H3/t16-,19-/m1/s1. The Morgan fingerprint density at radius 3 is 2.72 bits per heavy atom. The summed E-state index contributed by atoms with van der Waals surface area (Å²) >= 11 is 0. The molecule has 130 valence electrons. The number of ether oxygens (including phenoxy) is 2. The summed E-state index contributed by atoms with van der Waals surface area (Å²) in [5, 5.41) is 0. The van der Waals surface area contributed by atoms with Crippen LogP contribution in [0, 0.1) is 5.82 Å². The summed E-state index contributed by atoms with van der Waals surface area (Å²) in [5.41, 5.74) is 3.49. The van der Waals surface area contributed by atoms with Crippen molar-refractivity contribution in [3.05, 3.63) is 70.5 Å². The maximum atomic E-state index is 13.8. The maximum Gasteiger partial charge on any atom is 0.170 e. The Labute approximate surface area is 146 Å². The quantitative estimate of drug-likeness (QED) is 0.820. The molecule has 1 fully saturated rings. The van der Waals surface area contributed by atoms with Crippen LogP contribution in [0.5, 0.6) is 0 Å². The molecule has 1 aliphatic carbocycles. The van der Waals surface area contributed by atoms with E-state index in [2.05, 4.69) is 0 Å². The highest BCUT2D eigenvalue weighted by atomic mass is 19.1. The number of benzene rings is 2. The SMILES string of the molecule is CC1(C)OC[C@@H](C[C@H]2C(=O)c3cc(F)ccc3Cc3ccccc32)O1. The van der Waals surface area contributed by atoms with Crippen LogP contribution in [0.3, 0.4) is 0 Å². The first-order chi connectivity index (χ1) is 11.9. The lowest BCUT2D eigenvalue weighted by Gasteiger charge is -2.21. The van der Waals surface area contributed by atoms with E-state index >= 15 is 0 Å². The van der Waals surface area contributed by atoms with Crippen LogP contribution in [0.1, 0.15) is 53.2 Å². The molecular formula is C21H21FO3. The predicted octanol–water partition coefficient (Wildman–Crippen LogP) is 4.24. The highest BCUT2D eigenvalue weighted by molar-refractivity contribution is 6.03. The zero-order valence-corrected chi connectivity index (χ0v) is 14.4. The first-order valence-corrected chi connectivity index (χ1v) is 8.65. The van der Waals surface area contributed by atoms with Gasteiger partial charge in [0.25, 0.3) is 0 Å². The van der Waals surface area contributed by atoms with Gasteiger partial charge in [-0.15, -0.1) is 0 Å². The Kier molecular flexibility index (Phi) is 3.97. The number of carbonyl (C=O) groups is 1. The van der Waals surface area contributed by atoms with Crippen molar-refractivity contribution >= 4 is 5.78 Å². The molecule has 4 heteroatoms. The molecule has 2 atom stereocenters. The van der Waals surface area contributed by atoms with Crippen molar-refractivity contribution in [2.24, 2.45) is 0 Å². The fourth-order valence-electron chi connectivity index (χ4n) is 3.88. The van der Waals surface area contributed by atoms with E-state index in [4.69, 9.17) is 9.47 Å². The molecule has 0 radical (unpaired) electrons. The van der Waals surface area contributed by atoms with E-state index < -0.39 is 5.79 Å². The molecule has 0 spiro atoms. The summed E-state index contributed by atoms with van der Waals surface area (Å²) in [5.74, 6) is -1.38. The van der Waals surface area contributed by atoms with Gasteiger partial charge in [-0.3, -0.25) is 4.79 Å². The molecule has 0 saturated carbocycles. The molecular weight excluding hydrogens is 319 g/mol. The number of hydrogen-bond acceptors (Lipinski definition) is 3. The smallest absolute Gasteiger partial charge is 0.170 e. The molecule has 1 saturated heterocycles. The molecule has 0 amide bonds. The van der Waals surface area contributed by atoms with Crippen LogP contribution in [0.25, 0.3) is 0 Å². The van der Waals surface area contributed by atoms with Crippen molar-refractivity contribution in [3.8, 4) is 0 Å². The number of ketones is 1. The minimum atomic E-state index is -0.623. The molecule has 2 aliphatic rings. The summed E-state index contributed by atoms with van der Waals surface area (Å²) in [6.45, 7) is 4.22. The zero-order chi connectivity index (χ0) is 17.6. The third-order valence-electron chi connectivity index (χ3n) is 5.03. The Balaban J connectivity index is 1.74. The third kappa shape index (κ3) is 3.12. The molecule has 0 N–H and O–H groups in total. The van der Waals surface area contributed by atoms with Gasteiger partial charge in [0.1, 0.15) is 5.82 Å². The molecule has 0 unspecified atom stereocenters. The van der Waals surface area contributed by atoms with Gasteiger partial charge in [-0.25, -0.2) is 4.39 Å². The second kappa shape index (κ2) is 6.04. The Morgan fingerprint density at radius 1 is 1.16 bits per heavy atom. The fraction of sp³-hybridized carbons (Fsp3) is 0.381. The first kappa shape index (κ1) is 16.4. The van der Waals surface area contributed by atoms with Crippen molar-refractivity contribution in [3.63, 3.8) is 0 Å². The molecule has 2 aromatic carbocycles. The molecule has 3 nitrogen and oxygen atoms in total. The monoisotopic (exact) mass is 340 g/mol. The van der Waals surface area contributed by atoms with Gasteiger partial charge in [0.05, 0.1) is 18.6 Å². The average Bonchev–Trinajstić information content (AvgIpc) is 2.87. The minimum absolute atomic E-state index is 0.0345. The molecule has 0 aromatic heterocycles. The Morgan fingerprint density at radius 2 is 1.96 bits per heavy atom. The van der Waals surface area contributed by atoms with Crippen molar-refractivity contribution in [1.82, 2.24) is 0 Å². The number of rotatable bonds is 2. The summed E-state index contributed by atoms with van der Waals surface area (Å²) in [7, 11) is 0. The number of fused-ring (bicyclic) bond motifs is 2. The number of Topliss-reactive ketones (excluding diaryl/α,β-unsaturated/α-hetero) is 1. The van der Waals surface area contributed by atoms with Gasteiger partial charge >= 0.3 is 0 Å². The van der Waals surface area contributed by atoms with E-state index in [-0.39, 0.29) is 23.6 Å². The number of halogens is 1. The van der Waals surface area contributed by atoms with Gasteiger partial charge in [0.15, 0.2) is 11.6 Å². The lowest BCUT2D eigenvalue weighted by Crippen LogP contribution is -2.24. The van der Waals surface area contributed by atoms with Crippen molar-refractivity contribution < 1.29 is 18.7 Å². The minimum Gasteiger partial charge on any atom is -0.348 e. The molecule has 0 bridgehead atoms. The first-order valence-electron chi connectivity index (χ1n) is 8.65. The van der Waals surface area contributed by atoms with Gasteiger partial charge in [-0.2, -0.15) is 0 Å².